The average Bonchev–Trinajstić information content (AvgIpc) is 2.56. The summed E-state index contributed by atoms with van der Waals surface area (Å²) in [6.45, 7) is 7.45. The van der Waals surface area contributed by atoms with Crippen LogP contribution in [-0.2, 0) is 11.1 Å². The number of aryl methyl sites for hydroxylation is 1. The third-order valence-corrected chi connectivity index (χ3v) is 5.52. The van der Waals surface area contributed by atoms with E-state index >= 15 is 0 Å². The zero-order chi connectivity index (χ0) is 19.9. The highest BCUT2D eigenvalue weighted by molar-refractivity contribution is 14.2. The molecule has 0 bridgehead atoms. The van der Waals surface area contributed by atoms with Crippen molar-refractivity contribution in [2.24, 2.45) is 0 Å². The number of hydrogen-bond donors (Lipinski definition) is 3. The van der Waals surface area contributed by atoms with Gasteiger partial charge < -0.3 is 20.4 Å². The first-order chi connectivity index (χ1) is 12.1. The molecule has 0 spiro atoms. The van der Waals surface area contributed by atoms with Crippen molar-refractivity contribution in [3.8, 4) is 0 Å². The van der Waals surface area contributed by atoms with Gasteiger partial charge in [0.15, 0.2) is 0 Å². The van der Waals surface area contributed by atoms with Crippen molar-refractivity contribution in [2.45, 2.75) is 32.3 Å². The SMILES string of the molecule is C=C/C=C(\C=C/C=N)N[C@H](c1cc(S(=O)[O-])ccc1C)[C@H](O)C(C)(I)I. The summed E-state index contributed by atoms with van der Waals surface area (Å²) >= 11 is 1.96. The van der Waals surface area contributed by atoms with Crippen LogP contribution in [0, 0.1) is 12.3 Å². The summed E-state index contributed by atoms with van der Waals surface area (Å²) in [5, 5.41) is 21.4. The lowest BCUT2D eigenvalue weighted by Crippen LogP contribution is -2.40. The predicted molar refractivity (Wildman–Crippen MR) is 123 cm³/mol. The van der Waals surface area contributed by atoms with Crippen molar-refractivity contribution in [1.29, 1.82) is 5.41 Å². The summed E-state index contributed by atoms with van der Waals surface area (Å²) in [6, 6.07) is 4.28. The molecule has 26 heavy (non-hydrogen) atoms. The predicted octanol–water partition coefficient (Wildman–Crippen LogP) is 4.09. The van der Waals surface area contributed by atoms with Gasteiger partial charge in [-0.3, -0.25) is 4.21 Å². The van der Waals surface area contributed by atoms with Gasteiger partial charge in [-0.2, -0.15) is 0 Å². The Morgan fingerprint density at radius 3 is 2.65 bits per heavy atom. The lowest BCUT2D eigenvalue weighted by molar-refractivity contribution is 0.133. The van der Waals surface area contributed by atoms with Gasteiger partial charge in [-0.15, -0.1) is 0 Å². The summed E-state index contributed by atoms with van der Waals surface area (Å²) in [5.41, 5.74) is 2.21. The Morgan fingerprint density at radius 1 is 1.50 bits per heavy atom. The Bertz CT molecular complexity index is 742. The molecule has 1 rings (SSSR count). The Labute approximate surface area is 184 Å². The van der Waals surface area contributed by atoms with Crippen LogP contribution in [-0.4, -0.2) is 27.6 Å². The lowest BCUT2D eigenvalue weighted by atomic mass is 9.95. The molecule has 0 aliphatic rings. The Balaban J connectivity index is 3.47. The standard InChI is InChI=1S/C18H22I2N2O3S/c1-4-6-13(7-5-10-21)22-16(17(23)18(3,19)20)15-11-14(26(24)25)9-8-12(15)2/h4-11,16-17,21-23H,1H2,2-3H3,(H,24,25)/p-1/b7-5-,13-6+,21-10?/t16-,17+/m1/s1. The van der Waals surface area contributed by atoms with E-state index in [4.69, 9.17) is 5.41 Å². The van der Waals surface area contributed by atoms with E-state index in [9.17, 15) is 13.9 Å². The van der Waals surface area contributed by atoms with Gasteiger partial charge in [0.2, 0.25) is 0 Å². The van der Waals surface area contributed by atoms with Crippen LogP contribution in [0.1, 0.15) is 24.1 Å². The number of aliphatic hydroxyl groups is 1. The third kappa shape index (κ3) is 6.87. The van der Waals surface area contributed by atoms with Crippen molar-refractivity contribution in [3.63, 3.8) is 0 Å². The third-order valence-electron chi connectivity index (χ3n) is 3.60. The molecule has 0 amide bonds. The first-order valence-electron chi connectivity index (χ1n) is 7.64. The second-order valence-corrected chi connectivity index (χ2v) is 13.1. The lowest BCUT2D eigenvalue weighted by Gasteiger charge is -2.33. The van der Waals surface area contributed by atoms with Crippen LogP contribution in [0.25, 0.3) is 0 Å². The van der Waals surface area contributed by atoms with E-state index in [1.54, 1.807) is 36.4 Å². The molecule has 1 unspecified atom stereocenters. The minimum absolute atomic E-state index is 0.164. The maximum absolute atomic E-state index is 11.4. The summed E-state index contributed by atoms with van der Waals surface area (Å²) < 4.78 is 22.2. The monoisotopic (exact) mass is 599 g/mol. The van der Waals surface area contributed by atoms with Crippen LogP contribution in [0.5, 0.6) is 0 Å². The molecule has 5 nitrogen and oxygen atoms in total. The smallest absolute Gasteiger partial charge is 0.102 e. The van der Waals surface area contributed by atoms with Gasteiger partial charge in [-0.25, -0.2) is 0 Å². The van der Waals surface area contributed by atoms with Crippen molar-refractivity contribution >= 4 is 62.5 Å². The molecule has 8 heteroatoms. The molecule has 3 N–H and O–H groups in total. The molecule has 0 heterocycles. The minimum atomic E-state index is -2.36. The molecular weight excluding hydrogens is 578 g/mol. The molecule has 0 aromatic heterocycles. The summed E-state index contributed by atoms with van der Waals surface area (Å²) in [7, 11) is 0. The van der Waals surface area contributed by atoms with Gasteiger partial charge in [0.1, 0.15) is 6.10 Å². The summed E-state index contributed by atoms with van der Waals surface area (Å²) in [6.07, 6.45) is 6.90. The molecule has 0 saturated carbocycles. The van der Waals surface area contributed by atoms with Crippen LogP contribution < -0.4 is 5.32 Å². The molecule has 0 saturated heterocycles. The van der Waals surface area contributed by atoms with E-state index in [1.807, 2.05) is 13.8 Å². The van der Waals surface area contributed by atoms with Gasteiger partial charge in [0.05, 0.1) is 7.47 Å². The zero-order valence-electron chi connectivity index (χ0n) is 14.4. The van der Waals surface area contributed by atoms with E-state index < -0.39 is 24.7 Å². The normalized spacial score (nSPS) is 16.2. The van der Waals surface area contributed by atoms with E-state index in [2.05, 4.69) is 57.1 Å². The van der Waals surface area contributed by atoms with Gasteiger partial charge in [-0.05, 0) is 66.4 Å². The zero-order valence-corrected chi connectivity index (χ0v) is 19.5. The van der Waals surface area contributed by atoms with Crippen molar-refractivity contribution in [3.05, 3.63) is 65.9 Å². The molecule has 1 aromatic carbocycles. The fraction of sp³-hybridized carbons (Fsp3) is 0.278. The van der Waals surface area contributed by atoms with Crippen LogP contribution in [0.4, 0.5) is 0 Å². The molecule has 0 radical (unpaired) electrons. The highest BCUT2D eigenvalue weighted by Crippen LogP contribution is 2.38. The topological polar surface area (TPSA) is 96.2 Å². The minimum Gasteiger partial charge on any atom is -0.768 e. The van der Waals surface area contributed by atoms with Gasteiger partial charge in [-0.1, -0.05) is 63.9 Å². The van der Waals surface area contributed by atoms with Crippen molar-refractivity contribution in [1.82, 2.24) is 5.32 Å². The van der Waals surface area contributed by atoms with Gasteiger partial charge >= 0.3 is 0 Å². The quantitative estimate of drug-likeness (QED) is 0.131. The van der Waals surface area contributed by atoms with Gasteiger partial charge in [0.25, 0.3) is 0 Å². The number of hydrogen-bond acceptors (Lipinski definition) is 5. The number of alkyl halides is 2. The van der Waals surface area contributed by atoms with Crippen molar-refractivity contribution < 1.29 is 13.9 Å². The molecule has 142 valence electrons. The fourth-order valence-corrected chi connectivity index (χ4v) is 3.41. The largest absolute Gasteiger partial charge is 0.768 e. The highest BCUT2D eigenvalue weighted by atomic mass is 127. The maximum Gasteiger partial charge on any atom is 0.102 e. The molecule has 1 aromatic rings. The van der Waals surface area contributed by atoms with E-state index in [-0.39, 0.29) is 4.90 Å². The first kappa shape index (κ1) is 23.5. The van der Waals surface area contributed by atoms with Crippen molar-refractivity contribution in [2.75, 3.05) is 0 Å². The number of benzene rings is 1. The Morgan fingerprint density at radius 2 is 2.15 bits per heavy atom. The van der Waals surface area contributed by atoms with E-state index in [0.29, 0.717) is 11.3 Å². The molecule has 3 atom stereocenters. The van der Waals surface area contributed by atoms with Crippen LogP contribution in [0.15, 0.2) is 59.7 Å². The maximum atomic E-state index is 11.4. The van der Waals surface area contributed by atoms with Crippen LogP contribution in [0.2, 0.25) is 0 Å². The second kappa shape index (κ2) is 10.7. The fourth-order valence-electron chi connectivity index (χ4n) is 2.29. The Kier molecular flexibility index (Phi) is 9.65. The molecule has 0 aliphatic carbocycles. The molecular formula is C18H21I2N2O3S-. The Hall–Kier alpha value is -0.560. The molecule has 0 aliphatic heterocycles. The molecule has 0 fully saturated rings. The van der Waals surface area contributed by atoms with Crippen LogP contribution in [0.3, 0.4) is 0 Å². The number of halogens is 2. The number of nitrogens with one attached hydrogen (secondary N) is 2. The van der Waals surface area contributed by atoms with E-state index in [1.165, 1.54) is 6.07 Å². The second-order valence-electron chi connectivity index (χ2n) is 5.66. The number of allylic oxidation sites excluding steroid dienone is 4. The highest BCUT2D eigenvalue weighted by Gasteiger charge is 2.35. The number of aliphatic hydroxyl groups excluding tert-OH is 1. The summed E-state index contributed by atoms with van der Waals surface area (Å²) in [4.78, 5) is 0.164. The first-order valence-corrected chi connectivity index (χ1v) is 10.9. The summed E-state index contributed by atoms with van der Waals surface area (Å²) in [5.74, 6) is 0. The van der Waals surface area contributed by atoms with Gasteiger partial charge in [0, 0.05) is 16.8 Å². The average molecular weight is 599 g/mol. The number of rotatable bonds is 9. The van der Waals surface area contributed by atoms with Crippen LogP contribution >= 0.6 is 45.2 Å². The van der Waals surface area contributed by atoms with E-state index in [0.717, 1.165) is 11.8 Å².